The van der Waals surface area contributed by atoms with Crippen molar-refractivity contribution in [1.82, 2.24) is 10.2 Å². The van der Waals surface area contributed by atoms with Crippen LogP contribution >= 0.6 is 0 Å². The number of rotatable bonds is 1. The Bertz CT molecular complexity index is 134. The van der Waals surface area contributed by atoms with E-state index in [-0.39, 0.29) is 43.6 Å². The predicted octanol–water partition coefficient (Wildman–Crippen LogP) is -0.173. The molecule has 1 aliphatic heterocycles. The first-order chi connectivity index (χ1) is 4.72. The summed E-state index contributed by atoms with van der Waals surface area (Å²) in [6.45, 7) is 3.61. The molecule has 1 atom stereocenters. The molecule has 66 valence electrons. The Labute approximate surface area is 97.5 Å². The minimum Gasteiger partial charge on any atom is -0.342 e. The number of nitrogens with zero attached hydrogens (tertiary/aromatic N) is 1. The number of carbonyl (C=O) groups is 1. The van der Waals surface area contributed by atoms with Crippen LogP contribution in [0.2, 0.25) is 0 Å². The Morgan fingerprint density at radius 1 is 1.64 bits per heavy atom. The second-order valence-corrected chi connectivity index (χ2v) is 2.78. The van der Waals surface area contributed by atoms with Gasteiger partial charge in [0.15, 0.2) is 0 Å². The third-order valence-corrected chi connectivity index (χ3v) is 2.08. The van der Waals surface area contributed by atoms with Crippen LogP contribution in [0.4, 0.5) is 0 Å². The first-order valence-corrected chi connectivity index (χ1v) is 3.66. The van der Waals surface area contributed by atoms with E-state index in [4.69, 9.17) is 0 Å². The van der Waals surface area contributed by atoms with Crippen LogP contribution in [0.3, 0.4) is 0 Å². The SMILES string of the molecule is CC(=O)N(C)C1CCNC1.[Ar]. The summed E-state index contributed by atoms with van der Waals surface area (Å²) >= 11 is 0. The van der Waals surface area contributed by atoms with Crippen molar-refractivity contribution in [1.29, 1.82) is 0 Å². The third kappa shape index (κ3) is 3.28. The van der Waals surface area contributed by atoms with Crippen molar-refractivity contribution in [2.24, 2.45) is 0 Å². The van der Waals surface area contributed by atoms with E-state index in [1.807, 2.05) is 7.05 Å². The van der Waals surface area contributed by atoms with Crippen molar-refractivity contribution in [2.75, 3.05) is 20.1 Å². The first-order valence-electron chi connectivity index (χ1n) is 3.66. The van der Waals surface area contributed by atoms with Gasteiger partial charge < -0.3 is 10.2 Å². The van der Waals surface area contributed by atoms with Crippen LogP contribution in [0, 0.1) is 37.7 Å². The summed E-state index contributed by atoms with van der Waals surface area (Å²) in [6.07, 6.45) is 1.09. The molecule has 1 fully saturated rings. The monoisotopic (exact) mass is 182 g/mol. The zero-order valence-corrected chi connectivity index (χ0v) is 7.61. The smallest absolute Gasteiger partial charge is 0.219 e. The van der Waals surface area contributed by atoms with E-state index in [1.54, 1.807) is 11.8 Å². The molecular weight excluding hydrogens is 168 g/mol. The Kier molecular flexibility index (Phi) is 5.69. The number of hydrogen-bond donors (Lipinski definition) is 1. The Hall–Kier alpha value is 0.690. The van der Waals surface area contributed by atoms with Crippen molar-refractivity contribution in [2.45, 2.75) is 19.4 Å². The Morgan fingerprint density at radius 2 is 2.27 bits per heavy atom. The van der Waals surface area contributed by atoms with Gasteiger partial charge in [-0.25, -0.2) is 0 Å². The molecule has 4 heteroatoms. The summed E-state index contributed by atoms with van der Waals surface area (Å²) in [4.78, 5) is 12.6. The molecule has 0 bridgehead atoms. The normalized spacial score (nSPS) is 22.5. The molecule has 0 saturated carbocycles. The molecule has 0 aliphatic carbocycles. The molecule has 0 aromatic carbocycles. The number of carbonyl (C=O) groups excluding carboxylic acids is 1. The van der Waals surface area contributed by atoms with Crippen molar-refractivity contribution in [3.05, 3.63) is 0 Å². The van der Waals surface area contributed by atoms with Gasteiger partial charge in [0.05, 0.1) is 0 Å². The molecule has 1 N–H and O–H groups in total. The number of hydrogen-bond acceptors (Lipinski definition) is 2. The zero-order valence-electron chi connectivity index (χ0n) is 6.91. The maximum atomic E-state index is 10.8. The van der Waals surface area contributed by atoms with Gasteiger partial charge in [0, 0.05) is 64.3 Å². The van der Waals surface area contributed by atoms with Gasteiger partial charge in [0.25, 0.3) is 0 Å². The van der Waals surface area contributed by atoms with Gasteiger partial charge in [-0.15, -0.1) is 0 Å². The molecule has 1 unspecified atom stereocenters. The largest absolute Gasteiger partial charge is 0.342 e. The van der Waals surface area contributed by atoms with Crippen LogP contribution in [-0.4, -0.2) is 37.0 Å². The predicted molar refractivity (Wildman–Crippen MR) is 39.7 cm³/mol. The third-order valence-electron chi connectivity index (χ3n) is 2.08. The van der Waals surface area contributed by atoms with Gasteiger partial charge in [0.1, 0.15) is 0 Å². The van der Waals surface area contributed by atoms with Gasteiger partial charge in [-0.05, 0) is 13.0 Å². The van der Waals surface area contributed by atoms with E-state index in [0.29, 0.717) is 6.04 Å². The van der Waals surface area contributed by atoms with Crippen LogP contribution in [0.15, 0.2) is 0 Å². The number of amides is 1. The zero-order chi connectivity index (χ0) is 7.56. The summed E-state index contributed by atoms with van der Waals surface area (Å²) in [5.41, 5.74) is 0. The minimum atomic E-state index is 0. The number of likely N-dealkylation sites (N-methyl/N-ethyl adjacent to an activating group) is 1. The minimum absolute atomic E-state index is 0. The Morgan fingerprint density at radius 3 is 2.64 bits per heavy atom. The fourth-order valence-electron chi connectivity index (χ4n) is 1.23. The fourth-order valence-corrected chi connectivity index (χ4v) is 1.23. The summed E-state index contributed by atoms with van der Waals surface area (Å²) in [6, 6.07) is 0.428. The average Bonchev–Trinajstić information content (AvgIpc) is 2.36. The molecule has 0 aromatic heterocycles. The molecule has 1 heterocycles. The quantitative estimate of drug-likeness (QED) is 0.610. The standard InChI is InChI=1S/C7H14N2O.Ar/c1-6(10)9(2)7-3-4-8-5-7;/h7-8H,3-5H2,1-2H3;. The van der Waals surface area contributed by atoms with E-state index < -0.39 is 0 Å². The van der Waals surface area contributed by atoms with E-state index in [1.165, 1.54) is 0 Å². The molecule has 1 amide bonds. The van der Waals surface area contributed by atoms with Gasteiger partial charge in [-0.3, -0.25) is 4.79 Å². The van der Waals surface area contributed by atoms with Crippen molar-refractivity contribution in [3.8, 4) is 0 Å². The summed E-state index contributed by atoms with van der Waals surface area (Å²) in [7, 11) is 1.86. The van der Waals surface area contributed by atoms with E-state index in [0.717, 1.165) is 19.5 Å². The van der Waals surface area contributed by atoms with Gasteiger partial charge >= 0.3 is 0 Å². The molecule has 3 nitrogen and oxygen atoms in total. The number of nitrogens with one attached hydrogen (secondary N) is 1. The topological polar surface area (TPSA) is 32.3 Å². The van der Waals surface area contributed by atoms with Gasteiger partial charge in [0.2, 0.25) is 5.91 Å². The molecule has 0 radical (unpaired) electrons. The van der Waals surface area contributed by atoms with Crippen molar-refractivity contribution >= 4 is 5.91 Å². The second-order valence-electron chi connectivity index (χ2n) is 2.78. The molecule has 11 heavy (non-hydrogen) atoms. The summed E-state index contributed by atoms with van der Waals surface area (Å²) in [5, 5.41) is 3.21. The van der Waals surface area contributed by atoms with Crippen LogP contribution in [0.1, 0.15) is 13.3 Å². The van der Waals surface area contributed by atoms with Crippen LogP contribution in [-0.2, 0) is 4.79 Å². The summed E-state index contributed by atoms with van der Waals surface area (Å²) in [5.74, 6) is 0.161. The van der Waals surface area contributed by atoms with Crippen LogP contribution < -0.4 is 5.32 Å². The van der Waals surface area contributed by atoms with Crippen LogP contribution in [0.5, 0.6) is 0 Å². The van der Waals surface area contributed by atoms with E-state index >= 15 is 0 Å². The van der Waals surface area contributed by atoms with Crippen LogP contribution in [0.25, 0.3) is 0 Å². The van der Waals surface area contributed by atoms with Gasteiger partial charge in [-0.2, -0.15) is 0 Å². The van der Waals surface area contributed by atoms with E-state index in [2.05, 4.69) is 5.32 Å². The van der Waals surface area contributed by atoms with Crippen molar-refractivity contribution < 1.29 is 42.5 Å². The molecule has 1 aliphatic rings. The van der Waals surface area contributed by atoms with E-state index in [9.17, 15) is 4.79 Å². The maximum Gasteiger partial charge on any atom is 0.219 e. The second kappa shape index (κ2) is 5.36. The molecule has 0 aromatic rings. The molecule has 1 rings (SSSR count). The van der Waals surface area contributed by atoms with Crippen molar-refractivity contribution in [3.63, 3.8) is 0 Å². The van der Waals surface area contributed by atoms with Gasteiger partial charge in [-0.1, -0.05) is 0 Å². The average molecular weight is 182 g/mol. The fraction of sp³-hybridized carbons (Fsp3) is 0.857. The first kappa shape index (κ1) is 11.7. The molecule has 0 spiro atoms. The summed E-state index contributed by atoms with van der Waals surface area (Å²) < 4.78 is 0. The Balaban J connectivity index is 0.000001000. The molecular formula is C7H14ArN2O. The maximum absolute atomic E-state index is 10.8. The molecule has 1 saturated heterocycles.